The van der Waals surface area contributed by atoms with Crippen LogP contribution in [0.1, 0.15) is 46.0 Å². The summed E-state index contributed by atoms with van der Waals surface area (Å²) in [5.41, 5.74) is 0. The summed E-state index contributed by atoms with van der Waals surface area (Å²) in [6.45, 7) is 4.15. The maximum Gasteiger partial charge on any atom is 0.241 e. The first-order chi connectivity index (χ1) is 10.6. The minimum absolute atomic E-state index is 0.0974. The van der Waals surface area contributed by atoms with Gasteiger partial charge in [-0.3, -0.25) is 9.69 Å². The second kappa shape index (κ2) is 8.89. The van der Waals surface area contributed by atoms with Gasteiger partial charge in [-0.1, -0.05) is 26.2 Å². The van der Waals surface area contributed by atoms with E-state index in [1.807, 2.05) is 24.1 Å². The van der Waals surface area contributed by atoms with Crippen LogP contribution in [0.2, 0.25) is 0 Å². The van der Waals surface area contributed by atoms with Crippen molar-refractivity contribution in [1.29, 1.82) is 0 Å². The highest BCUT2D eigenvalue weighted by molar-refractivity contribution is 8.00. The highest BCUT2D eigenvalue weighted by Gasteiger charge is 2.31. The monoisotopic (exact) mass is 342 g/mol. The predicted molar refractivity (Wildman–Crippen MR) is 94.6 cm³/mol. The molecule has 0 saturated heterocycles. The summed E-state index contributed by atoms with van der Waals surface area (Å²) in [7, 11) is 0. The van der Waals surface area contributed by atoms with Gasteiger partial charge in [0.25, 0.3) is 0 Å². The highest BCUT2D eigenvalue weighted by Crippen LogP contribution is 2.31. The second-order valence-corrected chi connectivity index (χ2v) is 8.32. The Balaban J connectivity index is 2.05. The van der Waals surface area contributed by atoms with Crippen LogP contribution in [0.5, 0.6) is 0 Å². The number of rotatable bonds is 7. The number of anilines is 1. The van der Waals surface area contributed by atoms with E-state index in [0.717, 1.165) is 23.7 Å². The number of hydrogen-bond acceptors (Lipinski definition) is 5. The molecule has 0 radical (unpaired) electrons. The van der Waals surface area contributed by atoms with E-state index in [9.17, 15) is 4.79 Å². The number of aliphatic hydroxyl groups is 1. The largest absolute Gasteiger partial charge is 0.396 e. The third-order valence-corrected chi connectivity index (χ3v) is 6.33. The molecule has 1 aliphatic rings. The number of carbonyl (C=O) groups excluding carboxylic acids is 1. The van der Waals surface area contributed by atoms with Crippen LogP contribution in [0.25, 0.3) is 0 Å². The molecule has 2 unspecified atom stereocenters. The molecule has 1 aromatic rings. The number of nitrogens with zero attached hydrogens (tertiary/aromatic N) is 2. The first kappa shape index (κ1) is 17.8. The van der Waals surface area contributed by atoms with Gasteiger partial charge in [0.2, 0.25) is 5.91 Å². The van der Waals surface area contributed by atoms with Gasteiger partial charge in [0.15, 0.2) is 5.13 Å². The number of thioether (sulfide) groups is 1. The quantitative estimate of drug-likeness (QED) is 0.823. The fourth-order valence-electron chi connectivity index (χ4n) is 2.73. The molecule has 1 saturated carbocycles. The Hall–Kier alpha value is -0.590. The van der Waals surface area contributed by atoms with Gasteiger partial charge in [-0.15, -0.1) is 23.1 Å². The smallest absolute Gasteiger partial charge is 0.241 e. The number of amides is 1. The summed E-state index contributed by atoms with van der Waals surface area (Å²) in [6, 6.07) is 0.297. The second-order valence-electron chi connectivity index (χ2n) is 6.08. The van der Waals surface area contributed by atoms with Crippen LogP contribution in [0.15, 0.2) is 11.6 Å². The minimum Gasteiger partial charge on any atom is -0.396 e. The number of aromatic nitrogens is 1. The molecule has 1 aromatic heterocycles. The summed E-state index contributed by atoms with van der Waals surface area (Å²) in [5.74, 6) is 1.19. The number of aliphatic hydroxyl groups excluding tert-OH is 1. The van der Waals surface area contributed by atoms with E-state index < -0.39 is 0 Å². The first-order valence-electron chi connectivity index (χ1n) is 8.08. The topological polar surface area (TPSA) is 53.4 Å². The van der Waals surface area contributed by atoms with Crippen molar-refractivity contribution in [2.75, 3.05) is 17.3 Å². The van der Waals surface area contributed by atoms with Crippen molar-refractivity contribution in [3.05, 3.63) is 11.6 Å². The average molecular weight is 343 g/mol. The molecular weight excluding hydrogens is 316 g/mol. The van der Waals surface area contributed by atoms with E-state index in [0.29, 0.717) is 6.04 Å². The van der Waals surface area contributed by atoms with E-state index in [-0.39, 0.29) is 23.7 Å². The molecule has 2 rings (SSSR count). The molecule has 1 heterocycles. The Bertz CT molecular complexity index is 447. The van der Waals surface area contributed by atoms with Crippen molar-refractivity contribution < 1.29 is 9.90 Å². The highest BCUT2D eigenvalue weighted by atomic mass is 32.2. The Morgan fingerprint density at radius 2 is 2.18 bits per heavy atom. The van der Waals surface area contributed by atoms with Crippen LogP contribution in [-0.4, -0.2) is 39.6 Å². The standard InChI is InChI=1S/C16H26N2O2S2/c1-12(10-19)11-22-13(2)15(20)18(16-17-8-9-21-16)14-6-4-3-5-7-14/h8-9,12-14,19H,3-7,10-11H2,1-2H3. The van der Waals surface area contributed by atoms with Gasteiger partial charge in [0.1, 0.15) is 0 Å². The molecule has 0 bridgehead atoms. The maximum atomic E-state index is 13.0. The normalized spacial score (nSPS) is 18.9. The molecule has 6 heteroatoms. The molecule has 1 fully saturated rings. The molecule has 1 amide bonds. The Kier molecular flexibility index (Phi) is 7.18. The molecule has 0 aromatic carbocycles. The molecule has 4 nitrogen and oxygen atoms in total. The summed E-state index contributed by atoms with van der Waals surface area (Å²) >= 11 is 3.18. The number of carbonyl (C=O) groups is 1. The maximum absolute atomic E-state index is 13.0. The first-order valence-corrected chi connectivity index (χ1v) is 10.0. The third-order valence-electron chi connectivity index (χ3n) is 4.09. The molecule has 124 valence electrons. The average Bonchev–Trinajstić information content (AvgIpc) is 3.07. The van der Waals surface area contributed by atoms with E-state index >= 15 is 0 Å². The van der Waals surface area contributed by atoms with Crippen molar-refractivity contribution in [2.45, 2.75) is 57.2 Å². The molecule has 1 N–H and O–H groups in total. The Morgan fingerprint density at radius 1 is 1.45 bits per heavy atom. The Morgan fingerprint density at radius 3 is 2.77 bits per heavy atom. The van der Waals surface area contributed by atoms with Gasteiger partial charge < -0.3 is 5.11 Å². The van der Waals surface area contributed by atoms with Gasteiger partial charge in [-0.25, -0.2) is 4.98 Å². The summed E-state index contributed by atoms with van der Waals surface area (Å²) in [4.78, 5) is 19.3. The van der Waals surface area contributed by atoms with Gasteiger partial charge in [0, 0.05) is 24.2 Å². The van der Waals surface area contributed by atoms with Crippen molar-refractivity contribution in [2.24, 2.45) is 5.92 Å². The van der Waals surface area contributed by atoms with Crippen LogP contribution in [-0.2, 0) is 4.79 Å². The minimum atomic E-state index is -0.0974. The summed E-state index contributed by atoms with van der Waals surface area (Å²) < 4.78 is 0. The number of thiazole rings is 1. The lowest BCUT2D eigenvalue weighted by molar-refractivity contribution is -0.118. The van der Waals surface area contributed by atoms with E-state index in [2.05, 4.69) is 4.98 Å². The van der Waals surface area contributed by atoms with Gasteiger partial charge in [-0.2, -0.15) is 0 Å². The van der Waals surface area contributed by atoms with Crippen molar-refractivity contribution in [3.63, 3.8) is 0 Å². The zero-order valence-corrected chi connectivity index (χ0v) is 15.0. The lowest BCUT2D eigenvalue weighted by atomic mass is 9.94. The molecule has 1 aliphatic carbocycles. The van der Waals surface area contributed by atoms with Crippen LogP contribution >= 0.6 is 23.1 Å². The molecule has 0 aliphatic heterocycles. The molecule has 22 heavy (non-hydrogen) atoms. The van der Waals surface area contributed by atoms with E-state index in [1.165, 1.54) is 19.3 Å². The predicted octanol–water partition coefficient (Wildman–Crippen LogP) is 3.56. The molecule has 2 atom stereocenters. The van der Waals surface area contributed by atoms with E-state index in [1.54, 1.807) is 29.3 Å². The lowest BCUT2D eigenvalue weighted by Crippen LogP contribution is -2.45. The van der Waals surface area contributed by atoms with Crippen molar-refractivity contribution in [3.8, 4) is 0 Å². The van der Waals surface area contributed by atoms with Gasteiger partial charge in [-0.05, 0) is 31.4 Å². The number of hydrogen-bond donors (Lipinski definition) is 1. The van der Waals surface area contributed by atoms with Crippen molar-refractivity contribution >= 4 is 34.1 Å². The van der Waals surface area contributed by atoms with Gasteiger partial charge >= 0.3 is 0 Å². The van der Waals surface area contributed by atoms with E-state index in [4.69, 9.17) is 5.11 Å². The van der Waals surface area contributed by atoms with Crippen LogP contribution in [0.4, 0.5) is 5.13 Å². The zero-order chi connectivity index (χ0) is 15.9. The zero-order valence-electron chi connectivity index (χ0n) is 13.4. The van der Waals surface area contributed by atoms with Crippen LogP contribution in [0, 0.1) is 5.92 Å². The molecular formula is C16H26N2O2S2. The van der Waals surface area contributed by atoms with Crippen LogP contribution in [0.3, 0.4) is 0 Å². The fraction of sp³-hybridized carbons (Fsp3) is 0.750. The lowest BCUT2D eigenvalue weighted by Gasteiger charge is -2.34. The summed E-state index contributed by atoms with van der Waals surface area (Å²) in [5, 5.41) is 11.8. The van der Waals surface area contributed by atoms with Crippen LogP contribution < -0.4 is 4.90 Å². The fourth-order valence-corrected chi connectivity index (χ4v) is 4.43. The third kappa shape index (κ3) is 4.70. The Labute approximate surface area is 141 Å². The SMILES string of the molecule is CC(CO)CSC(C)C(=O)N(c1nccs1)C1CCCCC1. The molecule has 0 spiro atoms. The summed E-state index contributed by atoms with van der Waals surface area (Å²) in [6.07, 6.45) is 7.60. The van der Waals surface area contributed by atoms with Crippen molar-refractivity contribution in [1.82, 2.24) is 4.98 Å². The van der Waals surface area contributed by atoms with Gasteiger partial charge in [0.05, 0.1) is 5.25 Å².